The van der Waals surface area contributed by atoms with E-state index in [1.807, 2.05) is 13.8 Å². The zero-order valence-corrected chi connectivity index (χ0v) is 10.1. The lowest BCUT2D eigenvalue weighted by Crippen LogP contribution is -2.36. The first-order valence-electron chi connectivity index (χ1n) is 5.81. The fourth-order valence-electron chi connectivity index (χ4n) is 1.65. The van der Waals surface area contributed by atoms with Gasteiger partial charge in [-0.15, -0.1) is 0 Å². The Hall–Kier alpha value is -1.04. The minimum absolute atomic E-state index is 0.0489. The van der Waals surface area contributed by atoms with Crippen molar-refractivity contribution in [3.05, 3.63) is 18.2 Å². The predicted molar refractivity (Wildman–Crippen MR) is 59.6 cm³/mol. The van der Waals surface area contributed by atoms with Gasteiger partial charge in [0.2, 0.25) is 0 Å². The smallest absolute Gasteiger partial charge is 0.333 e. The number of hydrogen-bond donors (Lipinski definition) is 1. The fourth-order valence-corrected chi connectivity index (χ4v) is 1.65. The summed E-state index contributed by atoms with van der Waals surface area (Å²) in [5, 5.41) is 2.50. The van der Waals surface area contributed by atoms with Gasteiger partial charge in [0.05, 0.1) is 0 Å². The van der Waals surface area contributed by atoms with Gasteiger partial charge >= 0.3 is 6.18 Å². The molecule has 0 spiro atoms. The highest BCUT2D eigenvalue weighted by atomic mass is 19.4. The van der Waals surface area contributed by atoms with Gasteiger partial charge in [0.25, 0.3) is 0 Å². The zero-order chi connectivity index (χ0) is 12.9. The normalized spacial score (nSPS) is 13.9. The molecule has 0 bridgehead atoms. The molecule has 3 nitrogen and oxygen atoms in total. The van der Waals surface area contributed by atoms with Gasteiger partial charge in [0, 0.05) is 18.9 Å². The van der Waals surface area contributed by atoms with Gasteiger partial charge < -0.3 is 4.57 Å². The van der Waals surface area contributed by atoms with Gasteiger partial charge in [-0.1, -0.05) is 13.8 Å². The molecule has 1 heterocycles. The van der Waals surface area contributed by atoms with Crippen LogP contribution in [0.5, 0.6) is 0 Å². The van der Waals surface area contributed by atoms with E-state index in [-0.39, 0.29) is 5.82 Å². The molecule has 0 fully saturated rings. The van der Waals surface area contributed by atoms with E-state index >= 15 is 0 Å². The molecule has 0 radical (unpaired) electrons. The van der Waals surface area contributed by atoms with Crippen molar-refractivity contribution in [1.82, 2.24) is 14.9 Å². The van der Waals surface area contributed by atoms with E-state index in [1.54, 1.807) is 10.8 Å². The lowest BCUT2D eigenvalue weighted by atomic mass is 10.2. The molecule has 0 aliphatic carbocycles. The van der Waals surface area contributed by atoms with E-state index in [9.17, 15) is 13.2 Å². The van der Waals surface area contributed by atoms with Crippen molar-refractivity contribution in [2.45, 2.75) is 45.5 Å². The molecule has 1 aromatic heterocycles. The summed E-state index contributed by atoms with van der Waals surface area (Å²) in [5.74, 6) is 0.0489. The van der Waals surface area contributed by atoms with Crippen LogP contribution in [-0.4, -0.2) is 22.3 Å². The second-order valence-corrected chi connectivity index (χ2v) is 3.91. The van der Waals surface area contributed by atoms with Gasteiger partial charge in [-0.3, -0.25) is 5.32 Å². The lowest BCUT2D eigenvalue weighted by Gasteiger charge is -2.22. The molecular formula is C11H18F3N3. The van der Waals surface area contributed by atoms with Crippen LogP contribution in [0.1, 0.15) is 38.6 Å². The van der Waals surface area contributed by atoms with Crippen LogP contribution in [0.25, 0.3) is 0 Å². The molecule has 1 rings (SSSR count). The molecule has 0 saturated heterocycles. The average Bonchev–Trinajstić information content (AvgIpc) is 2.66. The van der Waals surface area contributed by atoms with E-state index in [4.69, 9.17) is 0 Å². The van der Waals surface area contributed by atoms with E-state index in [2.05, 4.69) is 10.3 Å². The first kappa shape index (κ1) is 14.0. The van der Waals surface area contributed by atoms with E-state index in [0.29, 0.717) is 19.5 Å². The average molecular weight is 249 g/mol. The number of hydrogen-bond acceptors (Lipinski definition) is 2. The molecule has 0 saturated carbocycles. The van der Waals surface area contributed by atoms with Crippen LogP contribution in [0, 0.1) is 0 Å². The SMILES string of the molecule is CCCNC(c1nccn1CCC)C(F)(F)F. The summed E-state index contributed by atoms with van der Waals surface area (Å²) in [6.07, 6.45) is 0.122. The van der Waals surface area contributed by atoms with E-state index < -0.39 is 12.2 Å². The second-order valence-electron chi connectivity index (χ2n) is 3.91. The summed E-state index contributed by atoms with van der Waals surface area (Å²) in [7, 11) is 0. The van der Waals surface area contributed by atoms with Gasteiger partial charge in [0.15, 0.2) is 6.04 Å². The fraction of sp³-hybridized carbons (Fsp3) is 0.727. The molecule has 6 heteroatoms. The molecule has 98 valence electrons. The Labute approximate surface area is 99.0 Å². The van der Waals surface area contributed by atoms with Gasteiger partial charge in [-0.05, 0) is 19.4 Å². The minimum atomic E-state index is -4.31. The third-order valence-corrected chi connectivity index (χ3v) is 2.40. The first-order valence-corrected chi connectivity index (χ1v) is 5.81. The van der Waals surface area contributed by atoms with Crippen molar-refractivity contribution in [1.29, 1.82) is 0 Å². The molecule has 0 aliphatic heterocycles. The number of aromatic nitrogens is 2. The number of nitrogens with zero attached hydrogens (tertiary/aromatic N) is 2. The minimum Gasteiger partial charge on any atom is -0.333 e. The molecule has 1 atom stereocenters. The van der Waals surface area contributed by atoms with Crippen LogP contribution in [-0.2, 0) is 6.54 Å². The van der Waals surface area contributed by atoms with E-state index in [1.165, 1.54) is 6.20 Å². The predicted octanol–water partition coefficient (Wildman–Crippen LogP) is 2.90. The monoisotopic (exact) mass is 249 g/mol. The maximum Gasteiger partial charge on any atom is 0.410 e. The third-order valence-electron chi connectivity index (χ3n) is 2.40. The maximum absolute atomic E-state index is 12.9. The molecule has 1 unspecified atom stereocenters. The molecule has 1 N–H and O–H groups in total. The third kappa shape index (κ3) is 3.73. The summed E-state index contributed by atoms with van der Waals surface area (Å²) in [4.78, 5) is 3.83. The number of alkyl halides is 3. The Morgan fingerprint density at radius 2 is 2.06 bits per heavy atom. The number of imidazole rings is 1. The topological polar surface area (TPSA) is 29.9 Å². The molecule has 0 aromatic carbocycles. The quantitative estimate of drug-likeness (QED) is 0.840. The first-order chi connectivity index (χ1) is 8.00. The highest BCUT2D eigenvalue weighted by molar-refractivity contribution is 5.02. The Kier molecular flexibility index (Phi) is 4.99. The molecule has 1 aromatic rings. The number of aryl methyl sites for hydroxylation is 1. The number of nitrogens with one attached hydrogen (secondary N) is 1. The molecular weight excluding hydrogens is 231 g/mol. The second kappa shape index (κ2) is 6.05. The largest absolute Gasteiger partial charge is 0.410 e. The van der Waals surface area contributed by atoms with Crippen LogP contribution in [0.2, 0.25) is 0 Å². The highest BCUT2D eigenvalue weighted by Gasteiger charge is 2.42. The van der Waals surface area contributed by atoms with E-state index in [0.717, 1.165) is 6.42 Å². The van der Waals surface area contributed by atoms with Crippen molar-refractivity contribution in [3.8, 4) is 0 Å². The lowest BCUT2D eigenvalue weighted by molar-refractivity contribution is -0.160. The summed E-state index contributed by atoms with van der Waals surface area (Å²) >= 11 is 0. The van der Waals surface area contributed by atoms with Crippen molar-refractivity contribution >= 4 is 0 Å². The number of rotatable bonds is 6. The molecule has 0 aliphatic rings. The van der Waals surface area contributed by atoms with Crippen LogP contribution in [0.15, 0.2) is 12.4 Å². The van der Waals surface area contributed by atoms with Crippen molar-refractivity contribution < 1.29 is 13.2 Å². The Bertz CT molecular complexity index is 333. The summed E-state index contributed by atoms with van der Waals surface area (Å²) in [6.45, 7) is 4.63. The number of halogens is 3. The zero-order valence-electron chi connectivity index (χ0n) is 10.1. The van der Waals surface area contributed by atoms with Crippen molar-refractivity contribution in [3.63, 3.8) is 0 Å². The van der Waals surface area contributed by atoms with Crippen molar-refractivity contribution in [2.24, 2.45) is 0 Å². The summed E-state index contributed by atoms with van der Waals surface area (Å²) in [5.41, 5.74) is 0. The van der Waals surface area contributed by atoms with Crippen LogP contribution >= 0.6 is 0 Å². The summed E-state index contributed by atoms with van der Waals surface area (Å²) < 4.78 is 40.3. The Morgan fingerprint density at radius 3 is 2.59 bits per heavy atom. The molecule has 0 amide bonds. The maximum atomic E-state index is 12.9. The van der Waals surface area contributed by atoms with Gasteiger partial charge in [0.1, 0.15) is 5.82 Å². The standard InChI is InChI=1S/C11H18F3N3/c1-3-5-15-9(11(12,13)14)10-16-6-8-17(10)7-4-2/h6,8-9,15H,3-5,7H2,1-2H3. The van der Waals surface area contributed by atoms with Gasteiger partial charge in [-0.2, -0.15) is 13.2 Å². The van der Waals surface area contributed by atoms with Crippen LogP contribution < -0.4 is 5.32 Å². The van der Waals surface area contributed by atoms with Gasteiger partial charge in [-0.25, -0.2) is 4.98 Å². The van der Waals surface area contributed by atoms with Crippen LogP contribution in [0.4, 0.5) is 13.2 Å². The molecule has 17 heavy (non-hydrogen) atoms. The Balaban J connectivity index is 2.91. The van der Waals surface area contributed by atoms with Crippen molar-refractivity contribution in [2.75, 3.05) is 6.54 Å². The Morgan fingerprint density at radius 1 is 1.35 bits per heavy atom. The highest BCUT2D eigenvalue weighted by Crippen LogP contribution is 2.31. The van der Waals surface area contributed by atoms with Crippen LogP contribution in [0.3, 0.4) is 0 Å². The summed E-state index contributed by atoms with van der Waals surface area (Å²) in [6, 6.07) is -1.68.